The average Bonchev–Trinajstić information content (AvgIpc) is 2.39. The number of ether oxygens (including phenoxy) is 3. The first-order chi connectivity index (χ1) is 9.90. The van der Waals surface area contributed by atoms with Crippen molar-refractivity contribution in [3.63, 3.8) is 0 Å². The van der Waals surface area contributed by atoms with E-state index in [1.807, 2.05) is 0 Å². The lowest BCUT2D eigenvalue weighted by molar-refractivity contribution is -0.200. The molecule has 1 rings (SSSR count). The Labute approximate surface area is 124 Å². The van der Waals surface area contributed by atoms with Gasteiger partial charge in [0.2, 0.25) is 0 Å². The third kappa shape index (κ3) is 4.55. The molecule has 0 aromatic carbocycles. The zero-order chi connectivity index (χ0) is 16.0. The molecule has 5 atom stereocenters. The summed E-state index contributed by atoms with van der Waals surface area (Å²) >= 11 is 5.85. The van der Waals surface area contributed by atoms with Crippen LogP contribution in [0.1, 0.15) is 13.8 Å². The molecule has 1 aliphatic rings. The lowest BCUT2D eigenvalue weighted by Gasteiger charge is -2.40. The van der Waals surface area contributed by atoms with Gasteiger partial charge in [0, 0.05) is 18.8 Å². The number of carbonyl (C=O) groups excluding carboxylic acids is 2. The third-order valence-corrected chi connectivity index (χ3v) is 3.01. The molecule has 0 radical (unpaired) electrons. The summed E-state index contributed by atoms with van der Waals surface area (Å²) in [6.45, 7) is 2.03. The van der Waals surface area contributed by atoms with Gasteiger partial charge in [-0.25, -0.2) is 0 Å². The average molecular weight is 321 g/mol. The Morgan fingerprint density at radius 1 is 1.29 bits per heavy atom. The summed E-state index contributed by atoms with van der Waals surface area (Å²) in [4.78, 5) is 35.8. The van der Waals surface area contributed by atoms with E-state index in [1.165, 1.54) is 0 Å². The summed E-state index contributed by atoms with van der Waals surface area (Å²) in [6.07, 6.45) is -3.34. The number of alkyl halides is 1. The Morgan fingerprint density at radius 2 is 1.86 bits per heavy atom. The number of rotatable bonds is 5. The molecule has 0 aromatic heterocycles. The molecule has 0 amide bonds. The Hall–Kier alpha value is -1.90. The van der Waals surface area contributed by atoms with Crippen molar-refractivity contribution in [3.8, 4) is 0 Å². The highest BCUT2D eigenvalue weighted by atomic mass is 35.5. The largest absolute Gasteiger partial charge is 0.456 e. The molecule has 0 aromatic rings. The molecule has 0 unspecified atom stereocenters. The van der Waals surface area contributed by atoms with E-state index in [2.05, 4.69) is 15.2 Å². The first-order valence-corrected chi connectivity index (χ1v) is 6.31. The van der Waals surface area contributed by atoms with E-state index in [0.717, 1.165) is 13.8 Å². The maximum absolute atomic E-state index is 11.2. The molecular weight excluding hydrogens is 308 g/mol. The van der Waals surface area contributed by atoms with Crippen LogP contribution in [0.2, 0.25) is 0 Å². The molecule has 11 heteroatoms. The highest BCUT2D eigenvalue weighted by molar-refractivity contribution is 6.20. The second-order valence-electron chi connectivity index (χ2n) is 4.18. The highest BCUT2D eigenvalue weighted by Crippen LogP contribution is 2.30. The second kappa shape index (κ2) is 7.77. The van der Waals surface area contributed by atoms with Gasteiger partial charge < -0.3 is 14.2 Å². The standard InChI is InChI=1S/C10H13ClN4O6/c1-4(16)19-8-6(3-13-15-12)21-10(11)7(14-18)9(8)20-5(2)17/h6-10H,3H2,1-2H3/t6-,7-,8-,9-,10+/m1/s1. The first kappa shape index (κ1) is 17.2. The van der Waals surface area contributed by atoms with Crippen LogP contribution in [-0.4, -0.2) is 48.4 Å². The number of halogens is 1. The molecule has 0 N–H and O–H groups in total. The molecule has 116 valence electrons. The van der Waals surface area contributed by atoms with Crippen molar-refractivity contribution in [1.29, 1.82) is 0 Å². The zero-order valence-electron chi connectivity index (χ0n) is 11.2. The lowest BCUT2D eigenvalue weighted by atomic mass is 9.97. The monoisotopic (exact) mass is 320 g/mol. The molecule has 21 heavy (non-hydrogen) atoms. The van der Waals surface area contributed by atoms with Gasteiger partial charge in [-0.05, 0) is 5.53 Å². The van der Waals surface area contributed by atoms with Gasteiger partial charge in [-0.15, -0.1) is 0 Å². The van der Waals surface area contributed by atoms with Gasteiger partial charge in [0.25, 0.3) is 0 Å². The van der Waals surface area contributed by atoms with Crippen LogP contribution in [0.5, 0.6) is 0 Å². The van der Waals surface area contributed by atoms with Gasteiger partial charge in [-0.1, -0.05) is 21.9 Å². The van der Waals surface area contributed by atoms with E-state index >= 15 is 0 Å². The van der Waals surface area contributed by atoms with Crippen molar-refractivity contribution in [2.24, 2.45) is 10.3 Å². The van der Waals surface area contributed by atoms with E-state index < -0.39 is 41.9 Å². The van der Waals surface area contributed by atoms with E-state index in [1.54, 1.807) is 0 Å². The van der Waals surface area contributed by atoms with Crippen molar-refractivity contribution >= 4 is 23.5 Å². The minimum Gasteiger partial charge on any atom is -0.456 e. The topological polar surface area (TPSA) is 140 Å². The Kier molecular flexibility index (Phi) is 6.35. The molecule has 0 bridgehead atoms. The quantitative estimate of drug-likeness (QED) is 0.186. The number of azide groups is 1. The molecule has 1 heterocycles. The normalized spacial score (nSPS) is 31.7. The minimum absolute atomic E-state index is 0.221. The molecular formula is C10H13ClN4O6. The van der Waals surface area contributed by atoms with Gasteiger partial charge in [0.1, 0.15) is 6.10 Å². The van der Waals surface area contributed by atoms with Crippen LogP contribution in [0.3, 0.4) is 0 Å². The van der Waals surface area contributed by atoms with Crippen molar-refractivity contribution in [3.05, 3.63) is 15.3 Å². The van der Waals surface area contributed by atoms with Crippen LogP contribution in [-0.2, 0) is 23.8 Å². The van der Waals surface area contributed by atoms with Crippen LogP contribution in [0, 0.1) is 4.91 Å². The summed E-state index contributed by atoms with van der Waals surface area (Å²) in [5, 5.41) is 6.06. The van der Waals surface area contributed by atoms with Crippen molar-refractivity contribution < 1.29 is 23.8 Å². The number of esters is 2. The minimum atomic E-state index is -1.26. The smallest absolute Gasteiger partial charge is 0.303 e. The van der Waals surface area contributed by atoms with Crippen LogP contribution in [0.4, 0.5) is 0 Å². The molecule has 0 spiro atoms. The number of nitroso groups, excluding NO2 is 1. The number of hydrogen-bond donors (Lipinski definition) is 0. The van der Waals surface area contributed by atoms with Crippen LogP contribution in [0.15, 0.2) is 10.3 Å². The summed E-state index contributed by atoms with van der Waals surface area (Å²) in [5.74, 6) is -1.40. The Morgan fingerprint density at radius 3 is 2.33 bits per heavy atom. The van der Waals surface area contributed by atoms with Crippen LogP contribution < -0.4 is 0 Å². The molecule has 0 saturated carbocycles. The molecule has 1 fully saturated rings. The highest BCUT2D eigenvalue weighted by Gasteiger charge is 2.50. The fourth-order valence-electron chi connectivity index (χ4n) is 1.91. The summed E-state index contributed by atoms with van der Waals surface area (Å²) in [5.41, 5.74) is 7.14. The van der Waals surface area contributed by atoms with Crippen molar-refractivity contribution in [2.75, 3.05) is 6.54 Å². The Bertz CT molecular complexity index is 468. The van der Waals surface area contributed by atoms with Gasteiger partial charge >= 0.3 is 11.9 Å². The fourth-order valence-corrected chi connectivity index (χ4v) is 2.24. The van der Waals surface area contributed by atoms with Gasteiger partial charge in [-0.2, -0.15) is 4.91 Å². The molecule has 10 nitrogen and oxygen atoms in total. The molecule has 0 aliphatic carbocycles. The van der Waals surface area contributed by atoms with Gasteiger partial charge in [0.05, 0.1) is 6.54 Å². The van der Waals surface area contributed by atoms with Gasteiger partial charge in [-0.3, -0.25) is 9.59 Å². The molecule has 1 saturated heterocycles. The van der Waals surface area contributed by atoms with Gasteiger partial charge in [0.15, 0.2) is 23.8 Å². The number of nitrogens with zero attached hydrogens (tertiary/aromatic N) is 4. The maximum atomic E-state index is 11.2. The third-order valence-electron chi connectivity index (χ3n) is 2.65. The SMILES string of the molecule is CC(=O)O[C@@H]1[C@@H](N=O)[C@@H](Cl)O[C@H](CN=[N+]=[N-])[C@H]1OC(C)=O. The lowest BCUT2D eigenvalue weighted by Crippen LogP contribution is -2.58. The molecule has 1 aliphatic heterocycles. The van der Waals surface area contributed by atoms with E-state index in [9.17, 15) is 14.5 Å². The fraction of sp³-hybridized carbons (Fsp3) is 0.800. The number of hydrogen-bond acceptors (Lipinski definition) is 8. The summed E-state index contributed by atoms with van der Waals surface area (Å²) in [7, 11) is 0. The first-order valence-electron chi connectivity index (χ1n) is 5.88. The van der Waals surface area contributed by atoms with Crippen molar-refractivity contribution in [1.82, 2.24) is 0 Å². The van der Waals surface area contributed by atoms with Crippen molar-refractivity contribution in [2.45, 2.75) is 43.8 Å². The predicted molar refractivity (Wildman–Crippen MR) is 69.2 cm³/mol. The zero-order valence-corrected chi connectivity index (χ0v) is 12.0. The van der Waals surface area contributed by atoms with E-state index in [4.69, 9.17) is 31.3 Å². The second-order valence-corrected chi connectivity index (χ2v) is 4.61. The summed E-state index contributed by atoms with van der Waals surface area (Å²) < 4.78 is 15.2. The predicted octanol–water partition coefficient (Wildman–Crippen LogP) is 1.26. The number of carbonyl (C=O) groups is 2. The van der Waals surface area contributed by atoms with Crippen LogP contribution in [0.25, 0.3) is 10.4 Å². The maximum Gasteiger partial charge on any atom is 0.303 e. The van der Waals surface area contributed by atoms with E-state index in [0.29, 0.717) is 0 Å². The Balaban J connectivity index is 3.09. The van der Waals surface area contributed by atoms with Crippen LogP contribution >= 0.6 is 11.6 Å². The summed E-state index contributed by atoms with van der Waals surface area (Å²) in [6, 6.07) is -1.26. The van der Waals surface area contributed by atoms with E-state index in [-0.39, 0.29) is 6.54 Å².